The molecule has 9 nitrogen and oxygen atoms in total. The highest BCUT2D eigenvalue weighted by atomic mass is 16.6. The van der Waals surface area contributed by atoms with Crippen molar-refractivity contribution in [2.45, 2.75) is 95.7 Å². The highest BCUT2D eigenvalue weighted by molar-refractivity contribution is 6.06. The molecule has 5 aliphatic heterocycles. The van der Waals surface area contributed by atoms with E-state index in [-0.39, 0.29) is 47.7 Å². The van der Waals surface area contributed by atoms with Crippen molar-refractivity contribution in [1.82, 2.24) is 0 Å². The maximum atomic E-state index is 13.5. The number of esters is 1. The zero-order chi connectivity index (χ0) is 33.2. The molecule has 0 amide bonds. The van der Waals surface area contributed by atoms with Crippen LogP contribution in [-0.2, 0) is 20.7 Å². The summed E-state index contributed by atoms with van der Waals surface area (Å²) in [5.41, 5.74) is 4.29. The number of fused-ring (bicyclic) bond motifs is 9. The van der Waals surface area contributed by atoms with Crippen molar-refractivity contribution in [2.75, 3.05) is 20.8 Å². The Balaban J connectivity index is 0.000000167. The van der Waals surface area contributed by atoms with Gasteiger partial charge in [-0.25, -0.2) is 4.79 Å². The molecule has 5 heterocycles. The van der Waals surface area contributed by atoms with Gasteiger partial charge in [-0.05, 0) is 63.6 Å². The van der Waals surface area contributed by atoms with Gasteiger partial charge in [0.05, 0.1) is 31.3 Å². The number of methoxy groups -OCH3 is 2. The van der Waals surface area contributed by atoms with Gasteiger partial charge in [0.25, 0.3) is 0 Å². The monoisotopic (exact) mass is 644 g/mol. The van der Waals surface area contributed by atoms with Crippen LogP contribution in [0.4, 0.5) is 0 Å². The fourth-order valence-electron chi connectivity index (χ4n) is 7.67. The topological polar surface area (TPSA) is 102 Å². The number of Topliss-reactive ketones (excluding diaryl/α,β-unsaturated/α-hetero) is 1. The maximum absolute atomic E-state index is 13.5. The number of benzene rings is 2. The van der Waals surface area contributed by atoms with Crippen molar-refractivity contribution >= 4 is 11.8 Å². The molecule has 6 aliphatic rings. The molecule has 2 saturated heterocycles. The Morgan fingerprint density at radius 2 is 1.79 bits per heavy atom. The number of ether oxygens (including phenoxy) is 7. The lowest BCUT2D eigenvalue weighted by atomic mass is 9.81. The summed E-state index contributed by atoms with van der Waals surface area (Å²) < 4.78 is 40.5. The number of carbonyl (C=O) groups is 2. The molecule has 1 aliphatic carbocycles. The second-order valence-corrected chi connectivity index (χ2v) is 14.1. The summed E-state index contributed by atoms with van der Waals surface area (Å²) in [5, 5.41) is 0. The van der Waals surface area contributed by atoms with Crippen LogP contribution in [0.15, 0.2) is 48.1 Å². The molecule has 9 heteroatoms. The van der Waals surface area contributed by atoms with E-state index in [1.54, 1.807) is 20.3 Å². The Morgan fingerprint density at radius 3 is 2.53 bits per heavy atom. The third-order valence-corrected chi connectivity index (χ3v) is 10.7. The first-order valence-corrected chi connectivity index (χ1v) is 16.7. The van der Waals surface area contributed by atoms with Gasteiger partial charge in [-0.15, -0.1) is 0 Å². The van der Waals surface area contributed by atoms with E-state index < -0.39 is 5.92 Å². The van der Waals surface area contributed by atoms with Crippen LogP contribution in [0.5, 0.6) is 28.7 Å². The number of carbonyl (C=O) groups excluding carboxylic acids is 2. The van der Waals surface area contributed by atoms with Crippen LogP contribution in [0.1, 0.15) is 80.8 Å². The van der Waals surface area contributed by atoms with Gasteiger partial charge < -0.3 is 33.2 Å². The normalized spacial score (nSPS) is 31.4. The highest BCUT2D eigenvalue weighted by Gasteiger charge is 2.61. The van der Waals surface area contributed by atoms with Crippen LogP contribution in [0.3, 0.4) is 0 Å². The molecular weight excluding hydrogens is 600 g/mol. The Kier molecular flexibility index (Phi) is 8.02. The third-order valence-electron chi connectivity index (χ3n) is 10.7. The largest absolute Gasteiger partial charge is 0.493 e. The van der Waals surface area contributed by atoms with Crippen molar-refractivity contribution in [3.05, 3.63) is 64.8 Å². The molecule has 0 N–H and O–H groups in total. The first kappa shape index (κ1) is 31.6. The van der Waals surface area contributed by atoms with Crippen LogP contribution < -0.4 is 23.7 Å². The SMILES string of the molecule is C=C1C(=O)OC2C1CCC(C)=CCCC1(C)OC21.COc1cc2c(cc1OC)C1C(=O)c3ccc4c(c3OC1CO2)CC(C(C)C)O4. The van der Waals surface area contributed by atoms with Crippen molar-refractivity contribution in [2.24, 2.45) is 11.8 Å². The number of rotatable bonds is 3. The number of ketones is 1. The fraction of sp³-hybridized carbons (Fsp3) is 0.526. The molecule has 0 radical (unpaired) electrons. The Morgan fingerprint density at radius 1 is 1.02 bits per heavy atom. The lowest BCUT2D eigenvalue weighted by Crippen LogP contribution is -2.43. The van der Waals surface area contributed by atoms with E-state index in [1.165, 1.54) is 5.57 Å². The molecule has 2 fully saturated rings. The first-order chi connectivity index (χ1) is 22.5. The van der Waals surface area contributed by atoms with Crippen molar-refractivity contribution in [3.63, 3.8) is 0 Å². The molecule has 7 unspecified atom stereocenters. The molecule has 2 aromatic carbocycles. The standard InChI is InChI=1S/C23H24O6.C15H20O3/c1-11(2)16-8-14-15(28-16)6-5-12-22(24)21-13-7-18(25-3)19(26-4)9-17(13)27-10-20(21)29-23(12)14;1-9-5-4-8-15(3)13(18-15)12-11(7-6-9)10(2)14(16)17-12/h5-7,9,11,16,20-21H,8,10H2,1-4H3;5,11-13H,2,4,6-8H2,1,3H3. The summed E-state index contributed by atoms with van der Waals surface area (Å²) in [6.07, 6.45) is 6.73. The van der Waals surface area contributed by atoms with Gasteiger partial charge in [0, 0.05) is 35.1 Å². The minimum atomic E-state index is -0.438. The van der Waals surface area contributed by atoms with Crippen molar-refractivity contribution in [3.8, 4) is 28.7 Å². The molecule has 0 saturated carbocycles. The van der Waals surface area contributed by atoms with Gasteiger partial charge >= 0.3 is 5.97 Å². The van der Waals surface area contributed by atoms with Crippen LogP contribution in [-0.4, -0.2) is 62.6 Å². The lowest BCUT2D eigenvalue weighted by molar-refractivity contribution is -0.140. The van der Waals surface area contributed by atoms with Crippen LogP contribution >= 0.6 is 0 Å². The zero-order valence-corrected chi connectivity index (χ0v) is 28.1. The van der Waals surface area contributed by atoms with Crippen molar-refractivity contribution in [1.29, 1.82) is 0 Å². The Hall–Kier alpha value is -3.98. The average molecular weight is 645 g/mol. The van der Waals surface area contributed by atoms with E-state index in [4.69, 9.17) is 33.2 Å². The molecule has 0 bridgehead atoms. The smallest absolute Gasteiger partial charge is 0.334 e. The minimum absolute atomic E-state index is 0.0452. The number of epoxide rings is 1. The molecule has 0 aromatic heterocycles. The van der Waals surface area contributed by atoms with E-state index in [1.807, 2.05) is 18.2 Å². The van der Waals surface area contributed by atoms with Crippen LogP contribution in [0.2, 0.25) is 0 Å². The average Bonchev–Trinajstić information content (AvgIpc) is 3.37. The van der Waals surface area contributed by atoms with Gasteiger partial charge in [0.1, 0.15) is 48.3 Å². The molecule has 0 spiro atoms. The quantitative estimate of drug-likeness (QED) is 0.159. The Bertz CT molecular complexity index is 1660. The highest BCUT2D eigenvalue weighted by Crippen LogP contribution is 2.51. The van der Waals surface area contributed by atoms with Gasteiger partial charge in [-0.1, -0.05) is 32.1 Å². The number of allylic oxidation sites excluding steroid dienone is 2. The lowest BCUT2D eigenvalue weighted by Gasteiger charge is -2.37. The summed E-state index contributed by atoms with van der Waals surface area (Å²) >= 11 is 0. The predicted molar refractivity (Wildman–Crippen MR) is 174 cm³/mol. The van der Waals surface area contributed by atoms with Gasteiger partial charge in [0.2, 0.25) is 0 Å². The summed E-state index contributed by atoms with van der Waals surface area (Å²) in [4.78, 5) is 25.2. The maximum Gasteiger partial charge on any atom is 0.334 e. The zero-order valence-electron chi connectivity index (χ0n) is 28.1. The van der Waals surface area contributed by atoms with Crippen LogP contribution in [0, 0.1) is 11.8 Å². The fourth-order valence-corrected chi connectivity index (χ4v) is 7.67. The number of hydrogen-bond donors (Lipinski definition) is 0. The van der Waals surface area contributed by atoms with E-state index in [2.05, 4.69) is 40.3 Å². The Labute approximate surface area is 276 Å². The van der Waals surface area contributed by atoms with Crippen molar-refractivity contribution < 1.29 is 42.7 Å². The van der Waals surface area contributed by atoms with E-state index >= 15 is 0 Å². The van der Waals surface area contributed by atoms with Crippen LogP contribution in [0.25, 0.3) is 0 Å². The van der Waals surface area contributed by atoms with E-state index in [9.17, 15) is 9.59 Å². The predicted octanol–water partition coefficient (Wildman–Crippen LogP) is 6.55. The summed E-state index contributed by atoms with van der Waals surface area (Å²) in [6, 6.07) is 7.32. The second kappa shape index (κ2) is 11.9. The third kappa shape index (κ3) is 5.46. The van der Waals surface area contributed by atoms with E-state index in [0.717, 1.165) is 49.0 Å². The summed E-state index contributed by atoms with van der Waals surface area (Å²) in [6.45, 7) is 12.8. The minimum Gasteiger partial charge on any atom is -0.493 e. The van der Waals surface area contributed by atoms with Gasteiger partial charge in [-0.3, -0.25) is 4.79 Å². The van der Waals surface area contributed by atoms with E-state index in [0.29, 0.717) is 46.7 Å². The summed E-state index contributed by atoms with van der Waals surface area (Å²) in [7, 11) is 3.16. The van der Waals surface area contributed by atoms with Gasteiger partial charge in [-0.2, -0.15) is 0 Å². The summed E-state index contributed by atoms with van der Waals surface area (Å²) in [5.74, 6) is 3.14. The van der Waals surface area contributed by atoms with Gasteiger partial charge in [0.15, 0.2) is 17.3 Å². The molecule has 2 aromatic rings. The first-order valence-electron chi connectivity index (χ1n) is 16.7. The molecular formula is C38H44O9. The second-order valence-electron chi connectivity index (χ2n) is 14.1. The molecule has 250 valence electrons. The number of hydrogen-bond acceptors (Lipinski definition) is 9. The molecule has 8 rings (SSSR count). The molecule has 47 heavy (non-hydrogen) atoms. The molecule has 7 atom stereocenters.